The number of aromatic nitrogens is 3. The summed E-state index contributed by atoms with van der Waals surface area (Å²) in [5, 5.41) is 4.79. The largest absolute Gasteiger partial charge is 0.445 e. The lowest BCUT2D eigenvalue weighted by atomic mass is 9.96. The zero-order valence-electron chi connectivity index (χ0n) is 23.1. The zero-order chi connectivity index (χ0) is 29.4. The summed E-state index contributed by atoms with van der Waals surface area (Å²) in [6.45, 7) is 3.66. The first kappa shape index (κ1) is 27.0. The molecule has 0 aliphatic carbocycles. The number of carbonyl (C=O) groups excluding carboxylic acids is 1. The summed E-state index contributed by atoms with van der Waals surface area (Å²) in [5.74, 6) is 0.296. The molecule has 0 fully saturated rings. The Kier molecular flexibility index (Phi) is 6.87. The fourth-order valence-electron chi connectivity index (χ4n) is 4.83. The number of rotatable bonds is 8. The first-order chi connectivity index (χ1) is 20.2. The van der Waals surface area contributed by atoms with Crippen LogP contribution in [-0.2, 0) is 16.6 Å². The Hall–Kier alpha value is -5.16. The summed E-state index contributed by atoms with van der Waals surface area (Å²) in [5.41, 5.74) is 5.18. The number of nitrogens with zero attached hydrogens (tertiary/aromatic N) is 3. The molecule has 0 spiro atoms. The van der Waals surface area contributed by atoms with Crippen LogP contribution in [0.5, 0.6) is 0 Å². The van der Waals surface area contributed by atoms with Gasteiger partial charge in [0.15, 0.2) is 0 Å². The quantitative estimate of drug-likeness (QED) is 0.220. The van der Waals surface area contributed by atoms with Crippen LogP contribution in [0.25, 0.3) is 33.5 Å². The van der Waals surface area contributed by atoms with Crippen molar-refractivity contribution in [3.05, 3.63) is 108 Å². The van der Waals surface area contributed by atoms with Gasteiger partial charge in [0.1, 0.15) is 6.26 Å². The number of anilines is 1. The smallest absolute Gasteiger partial charge is 0.264 e. The van der Waals surface area contributed by atoms with Crippen molar-refractivity contribution in [2.24, 2.45) is 0 Å². The zero-order valence-corrected chi connectivity index (χ0v) is 23.9. The number of H-pyrrole nitrogens is 1. The third-order valence-corrected chi connectivity index (χ3v) is 8.58. The van der Waals surface area contributed by atoms with Crippen molar-refractivity contribution in [1.29, 1.82) is 0 Å². The van der Waals surface area contributed by atoms with E-state index in [-0.39, 0.29) is 23.2 Å². The third-order valence-electron chi connectivity index (χ3n) is 7.19. The molecule has 0 atom stereocenters. The molecule has 6 rings (SSSR count). The first-order valence-electron chi connectivity index (χ1n) is 13.1. The van der Waals surface area contributed by atoms with Crippen LogP contribution in [0.4, 0.5) is 5.88 Å². The molecule has 0 aliphatic heterocycles. The van der Waals surface area contributed by atoms with Crippen molar-refractivity contribution < 1.29 is 22.2 Å². The van der Waals surface area contributed by atoms with Gasteiger partial charge in [0.25, 0.3) is 15.9 Å². The van der Waals surface area contributed by atoms with Crippen molar-refractivity contribution >= 4 is 32.7 Å². The molecule has 0 saturated carbocycles. The van der Waals surface area contributed by atoms with Gasteiger partial charge >= 0.3 is 0 Å². The Morgan fingerprint density at radius 2 is 1.86 bits per heavy atom. The van der Waals surface area contributed by atoms with Gasteiger partial charge in [0.05, 0.1) is 16.8 Å². The number of carbonyl (C=O) groups is 1. The molecular weight excluding hydrogens is 554 g/mol. The van der Waals surface area contributed by atoms with Crippen molar-refractivity contribution in [3.8, 4) is 22.6 Å². The predicted octanol–water partition coefficient (Wildman–Crippen LogP) is 6.17. The normalized spacial score (nSPS) is 11.6. The van der Waals surface area contributed by atoms with Gasteiger partial charge in [0.2, 0.25) is 11.8 Å². The van der Waals surface area contributed by atoms with E-state index >= 15 is 0 Å². The maximum absolute atomic E-state index is 13.6. The molecule has 2 N–H and O–H groups in total. The fraction of sp³-hybridized carbons (Fsp3) is 0.129. The van der Waals surface area contributed by atoms with Crippen LogP contribution in [0.2, 0.25) is 0 Å². The molecule has 0 unspecified atom stereocenters. The Balaban J connectivity index is 1.40. The van der Waals surface area contributed by atoms with Gasteiger partial charge in [0, 0.05) is 52.9 Å². The lowest BCUT2D eigenvalue weighted by molar-refractivity contribution is 0.0785. The Morgan fingerprint density at radius 3 is 2.62 bits per heavy atom. The van der Waals surface area contributed by atoms with Gasteiger partial charge in [-0.15, -0.1) is 0 Å². The molecule has 0 radical (unpaired) electrons. The van der Waals surface area contributed by atoms with Gasteiger partial charge in [-0.3, -0.25) is 4.79 Å². The molecule has 10 nitrogen and oxygen atoms in total. The van der Waals surface area contributed by atoms with E-state index in [0.29, 0.717) is 45.0 Å². The van der Waals surface area contributed by atoms with Crippen molar-refractivity contribution in [1.82, 2.24) is 20.0 Å². The highest BCUT2D eigenvalue weighted by molar-refractivity contribution is 7.92. The van der Waals surface area contributed by atoms with Crippen LogP contribution < -0.4 is 4.72 Å². The molecule has 11 heteroatoms. The van der Waals surface area contributed by atoms with Gasteiger partial charge < -0.3 is 18.8 Å². The molecule has 212 valence electrons. The number of aromatic amines is 1. The minimum Gasteiger partial charge on any atom is -0.445 e. The van der Waals surface area contributed by atoms with Crippen LogP contribution in [0, 0.1) is 13.8 Å². The number of hydrogen-bond acceptors (Lipinski definition) is 7. The number of oxazole rings is 1. The molecule has 0 bridgehead atoms. The highest BCUT2D eigenvalue weighted by atomic mass is 32.2. The van der Waals surface area contributed by atoms with Crippen LogP contribution in [0.15, 0.2) is 99.2 Å². The summed E-state index contributed by atoms with van der Waals surface area (Å²) in [6, 6.07) is 19.6. The van der Waals surface area contributed by atoms with Gasteiger partial charge in [-0.25, -0.2) is 18.1 Å². The second kappa shape index (κ2) is 10.7. The van der Waals surface area contributed by atoms with E-state index in [1.165, 1.54) is 12.3 Å². The average molecular weight is 582 g/mol. The lowest BCUT2D eigenvalue weighted by Crippen LogP contribution is -2.26. The van der Waals surface area contributed by atoms with E-state index in [1.54, 1.807) is 56.3 Å². The standard InChI is InChI=1S/C31H27N5O5S/c1-19-20(2)34-41-29(19)35-42(38,39)28-7-5-4-6-26(28)25-10-8-22(30-33-14-15-40-30)17-24(25)18-36(3)31(37)23-9-11-27-21(16-23)12-13-32-27/h4-17,32,35H,18H2,1-3H3. The maximum Gasteiger partial charge on any atom is 0.264 e. The second-order valence-corrected chi connectivity index (χ2v) is 11.6. The monoisotopic (exact) mass is 581 g/mol. The predicted molar refractivity (Wildman–Crippen MR) is 158 cm³/mol. The second-order valence-electron chi connectivity index (χ2n) is 9.97. The molecule has 42 heavy (non-hydrogen) atoms. The summed E-state index contributed by atoms with van der Waals surface area (Å²) in [4.78, 5) is 22.5. The number of hydrogen-bond donors (Lipinski definition) is 2. The van der Waals surface area contributed by atoms with Crippen molar-refractivity contribution in [2.75, 3.05) is 11.8 Å². The van der Waals surface area contributed by atoms with Crippen LogP contribution >= 0.6 is 0 Å². The molecular formula is C31H27N5O5S. The molecule has 3 aromatic carbocycles. The van der Waals surface area contributed by atoms with E-state index < -0.39 is 10.0 Å². The minimum atomic E-state index is -4.07. The fourth-order valence-corrected chi connectivity index (χ4v) is 6.10. The summed E-state index contributed by atoms with van der Waals surface area (Å²) < 4.78 is 40.5. The SMILES string of the molecule is Cc1noc(NS(=O)(=O)c2ccccc2-c2ccc(-c3ncco3)cc2CN(C)C(=O)c2ccc3[nH]ccc3c2)c1C. The summed E-state index contributed by atoms with van der Waals surface area (Å²) in [6.07, 6.45) is 4.86. The van der Waals surface area contributed by atoms with Gasteiger partial charge in [-0.05, 0) is 67.4 Å². The van der Waals surface area contributed by atoms with E-state index in [0.717, 1.165) is 10.9 Å². The number of benzene rings is 3. The highest BCUT2D eigenvalue weighted by Gasteiger charge is 2.25. The molecule has 0 saturated heterocycles. The number of amides is 1. The molecule has 3 heterocycles. The average Bonchev–Trinajstić information content (AvgIpc) is 3.76. The van der Waals surface area contributed by atoms with Crippen LogP contribution in [0.3, 0.4) is 0 Å². The lowest BCUT2D eigenvalue weighted by Gasteiger charge is -2.21. The molecule has 3 aromatic heterocycles. The van der Waals surface area contributed by atoms with Crippen LogP contribution in [-0.4, -0.2) is 41.4 Å². The molecule has 1 amide bonds. The van der Waals surface area contributed by atoms with Gasteiger partial charge in [-0.1, -0.05) is 29.4 Å². The van der Waals surface area contributed by atoms with E-state index in [4.69, 9.17) is 8.94 Å². The number of aryl methyl sites for hydroxylation is 1. The number of fused-ring (bicyclic) bond motifs is 1. The number of nitrogens with one attached hydrogen (secondary N) is 2. The molecule has 6 aromatic rings. The highest BCUT2D eigenvalue weighted by Crippen LogP contribution is 2.35. The topological polar surface area (TPSA) is 134 Å². The van der Waals surface area contributed by atoms with Gasteiger partial charge in [-0.2, -0.15) is 0 Å². The van der Waals surface area contributed by atoms with E-state index in [9.17, 15) is 13.2 Å². The molecule has 0 aliphatic rings. The maximum atomic E-state index is 13.6. The van der Waals surface area contributed by atoms with Crippen LogP contribution in [0.1, 0.15) is 27.2 Å². The van der Waals surface area contributed by atoms with E-state index in [1.807, 2.05) is 42.6 Å². The number of sulfonamides is 1. The Bertz CT molecular complexity index is 2030. The van der Waals surface area contributed by atoms with Crippen molar-refractivity contribution in [3.63, 3.8) is 0 Å². The third kappa shape index (κ3) is 5.06. The summed E-state index contributed by atoms with van der Waals surface area (Å²) in [7, 11) is -2.36. The summed E-state index contributed by atoms with van der Waals surface area (Å²) >= 11 is 0. The minimum absolute atomic E-state index is 0.0514. The first-order valence-corrected chi connectivity index (χ1v) is 14.6. The Morgan fingerprint density at radius 1 is 1.02 bits per heavy atom. The Labute approximate surface area is 242 Å². The van der Waals surface area contributed by atoms with Crippen molar-refractivity contribution in [2.45, 2.75) is 25.3 Å². The van der Waals surface area contributed by atoms with E-state index in [2.05, 4.69) is 19.8 Å².